The fraction of sp³-hybridized carbons (Fsp3) is 1.00. The zero-order valence-electron chi connectivity index (χ0n) is 12.2. The molecular weight excluding hydrogens is 212 g/mol. The maximum absolute atomic E-state index is 10.4. The fourth-order valence-corrected chi connectivity index (χ4v) is 2.64. The van der Waals surface area contributed by atoms with E-state index in [-0.39, 0.29) is 0 Å². The Labute approximate surface area is 107 Å². The minimum atomic E-state index is -0.627. The molecule has 17 heavy (non-hydrogen) atoms. The van der Waals surface area contributed by atoms with E-state index >= 15 is 0 Å². The number of piperidine rings is 1. The molecule has 1 heterocycles. The van der Waals surface area contributed by atoms with Gasteiger partial charge in [0, 0.05) is 25.7 Å². The number of aliphatic hydroxyl groups is 1. The van der Waals surface area contributed by atoms with Gasteiger partial charge in [0.2, 0.25) is 0 Å². The summed E-state index contributed by atoms with van der Waals surface area (Å²) >= 11 is 0. The third-order valence-electron chi connectivity index (χ3n) is 3.43. The van der Waals surface area contributed by atoms with E-state index in [1.54, 1.807) is 0 Å². The second-order valence-electron chi connectivity index (χ2n) is 7.01. The molecule has 1 rings (SSSR count). The summed E-state index contributed by atoms with van der Waals surface area (Å²) in [5.41, 5.74) is -0.225. The summed E-state index contributed by atoms with van der Waals surface area (Å²) in [5.74, 6) is 0. The summed E-state index contributed by atoms with van der Waals surface area (Å²) in [5, 5.41) is 13.7. The largest absolute Gasteiger partial charge is 0.388 e. The lowest BCUT2D eigenvalue weighted by Crippen LogP contribution is -2.52. The molecule has 1 atom stereocenters. The topological polar surface area (TPSA) is 35.5 Å². The van der Waals surface area contributed by atoms with Gasteiger partial charge in [-0.2, -0.15) is 0 Å². The minimum absolute atomic E-state index is 0.403. The van der Waals surface area contributed by atoms with Gasteiger partial charge >= 0.3 is 0 Å². The van der Waals surface area contributed by atoms with Crippen molar-refractivity contribution in [2.24, 2.45) is 5.41 Å². The highest BCUT2D eigenvalue weighted by Crippen LogP contribution is 2.29. The summed E-state index contributed by atoms with van der Waals surface area (Å²) in [4.78, 5) is 2.41. The van der Waals surface area contributed by atoms with Crippen LogP contribution in [0.3, 0.4) is 0 Å². The van der Waals surface area contributed by atoms with Crippen LogP contribution in [0.4, 0.5) is 0 Å². The Bertz CT molecular complexity index is 236. The molecule has 0 spiro atoms. The van der Waals surface area contributed by atoms with Gasteiger partial charge in [-0.05, 0) is 31.7 Å². The van der Waals surface area contributed by atoms with Crippen molar-refractivity contribution in [2.45, 2.75) is 59.1 Å². The first kappa shape index (κ1) is 14.9. The van der Waals surface area contributed by atoms with E-state index in [9.17, 15) is 5.11 Å². The molecular formula is C14H30N2O. The quantitative estimate of drug-likeness (QED) is 0.772. The van der Waals surface area contributed by atoms with Crippen molar-refractivity contribution >= 4 is 0 Å². The third-order valence-corrected chi connectivity index (χ3v) is 3.43. The Balaban J connectivity index is 2.41. The van der Waals surface area contributed by atoms with Crippen LogP contribution in [-0.2, 0) is 0 Å². The Morgan fingerprint density at radius 3 is 2.59 bits per heavy atom. The summed E-state index contributed by atoms with van der Waals surface area (Å²) < 4.78 is 0. The normalized spacial score (nSPS) is 24.9. The van der Waals surface area contributed by atoms with Gasteiger partial charge in [-0.15, -0.1) is 0 Å². The zero-order valence-corrected chi connectivity index (χ0v) is 12.2. The van der Waals surface area contributed by atoms with Crippen molar-refractivity contribution in [1.82, 2.24) is 10.2 Å². The van der Waals surface area contributed by atoms with Crippen LogP contribution >= 0.6 is 0 Å². The van der Waals surface area contributed by atoms with E-state index in [2.05, 4.69) is 37.9 Å². The van der Waals surface area contributed by atoms with Gasteiger partial charge in [-0.25, -0.2) is 0 Å². The molecule has 0 aromatic rings. The smallest absolute Gasteiger partial charge is 0.0869 e. The lowest BCUT2D eigenvalue weighted by Gasteiger charge is -2.41. The van der Waals surface area contributed by atoms with Crippen LogP contribution < -0.4 is 5.32 Å². The number of hydrogen-bond acceptors (Lipinski definition) is 3. The summed E-state index contributed by atoms with van der Waals surface area (Å²) in [6, 6.07) is 0.430. The van der Waals surface area contributed by atoms with Crippen molar-refractivity contribution < 1.29 is 5.11 Å². The minimum Gasteiger partial charge on any atom is -0.388 e. The molecule has 1 saturated heterocycles. The molecule has 2 N–H and O–H groups in total. The molecule has 0 aromatic carbocycles. The van der Waals surface area contributed by atoms with E-state index < -0.39 is 5.60 Å². The van der Waals surface area contributed by atoms with Crippen LogP contribution in [0.15, 0.2) is 0 Å². The van der Waals surface area contributed by atoms with Crippen LogP contribution in [0.2, 0.25) is 0 Å². The van der Waals surface area contributed by atoms with Crippen LogP contribution in [0.5, 0.6) is 0 Å². The first-order valence-electron chi connectivity index (χ1n) is 6.88. The van der Waals surface area contributed by atoms with E-state index in [0.717, 1.165) is 19.6 Å². The van der Waals surface area contributed by atoms with Gasteiger partial charge in [-0.3, -0.25) is 4.90 Å². The molecule has 1 fully saturated rings. The maximum atomic E-state index is 10.4. The predicted molar refractivity (Wildman–Crippen MR) is 73.2 cm³/mol. The third kappa shape index (κ3) is 5.84. The molecule has 0 radical (unpaired) electrons. The lowest BCUT2D eigenvalue weighted by molar-refractivity contribution is -0.00393. The average Bonchev–Trinajstić information content (AvgIpc) is 2.12. The first-order chi connectivity index (χ1) is 7.70. The summed E-state index contributed by atoms with van der Waals surface area (Å²) in [7, 11) is 0. The van der Waals surface area contributed by atoms with Gasteiger partial charge in [0.15, 0.2) is 0 Å². The Kier molecular flexibility index (Phi) is 4.99. The van der Waals surface area contributed by atoms with Crippen LogP contribution in [0.1, 0.15) is 47.5 Å². The van der Waals surface area contributed by atoms with Gasteiger partial charge < -0.3 is 10.4 Å². The Morgan fingerprint density at radius 2 is 2.06 bits per heavy atom. The number of hydrogen-bond donors (Lipinski definition) is 2. The first-order valence-corrected chi connectivity index (χ1v) is 6.88. The summed E-state index contributed by atoms with van der Waals surface area (Å²) in [6.07, 6.45) is 2.55. The lowest BCUT2D eigenvalue weighted by atomic mass is 9.83. The van der Waals surface area contributed by atoms with E-state index in [0.29, 0.717) is 18.0 Å². The SMILES string of the molecule is CC(C)NCC(C)(O)CN1CCCC(C)(C)C1. The molecule has 1 aliphatic heterocycles. The molecule has 3 nitrogen and oxygen atoms in total. The second-order valence-corrected chi connectivity index (χ2v) is 7.01. The van der Waals surface area contributed by atoms with Crippen molar-refractivity contribution in [3.63, 3.8) is 0 Å². The molecule has 1 aliphatic rings. The molecule has 102 valence electrons. The Hall–Kier alpha value is -0.120. The van der Waals surface area contributed by atoms with E-state index in [1.165, 1.54) is 12.8 Å². The standard InChI is InChI=1S/C14H30N2O/c1-12(2)15-9-14(5,17)11-16-8-6-7-13(3,4)10-16/h12,15,17H,6-11H2,1-5H3. The molecule has 0 aromatic heterocycles. The highest BCUT2D eigenvalue weighted by atomic mass is 16.3. The number of rotatable bonds is 5. The van der Waals surface area contributed by atoms with Crippen molar-refractivity contribution in [1.29, 1.82) is 0 Å². The summed E-state index contributed by atoms with van der Waals surface area (Å²) in [6.45, 7) is 14.5. The van der Waals surface area contributed by atoms with E-state index in [1.807, 2.05) is 6.92 Å². The van der Waals surface area contributed by atoms with Crippen LogP contribution in [0, 0.1) is 5.41 Å². The molecule has 0 amide bonds. The fourth-order valence-electron chi connectivity index (χ4n) is 2.64. The van der Waals surface area contributed by atoms with Gasteiger partial charge in [0.1, 0.15) is 0 Å². The van der Waals surface area contributed by atoms with Crippen LogP contribution in [0.25, 0.3) is 0 Å². The second kappa shape index (κ2) is 5.68. The van der Waals surface area contributed by atoms with Crippen LogP contribution in [-0.4, -0.2) is 47.8 Å². The van der Waals surface area contributed by atoms with Crippen molar-refractivity contribution in [2.75, 3.05) is 26.2 Å². The van der Waals surface area contributed by atoms with E-state index in [4.69, 9.17) is 0 Å². The molecule has 0 aliphatic carbocycles. The number of nitrogens with one attached hydrogen (secondary N) is 1. The highest BCUT2D eigenvalue weighted by Gasteiger charge is 2.31. The van der Waals surface area contributed by atoms with Gasteiger partial charge in [0.25, 0.3) is 0 Å². The van der Waals surface area contributed by atoms with Crippen molar-refractivity contribution in [3.05, 3.63) is 0 Å². The zero-order chi connectivity index (χ0) is 13.1. The average molecular weight is 242 g/mol. The molecule has 0 bridgehead atoms. The molecule has 1 unspecified atom stereocenters. The predicted octanol–water partition coefficient (Wildman–Crippen LogP) is 1.86. The number of nitrogens with zero attached hydrogens (tertiary/aromatic N) is 1. The number of β-amino-alcohol motifs (C(OH)–C–C–N with tert-alkyl or cyclic N) is 1. The number of likely N-dealkylation sites (tertiary alicyclic amines) is 1. The van der Waals surface area contributed by atoms with Gasteiger partial charge in [-0.1, -0.05) is 27.7 Å². The van der Waals surface area contributed by atoms with Gasteiger partial charge in [0.05, 0.1) is 5.60 Å². The maximum Gasteiger partial charge on any atom is 0.0869 e. The molecule has 0 saturated carbocycles. The van der Waals surface area contributed by atoms with Crippen molar-refractivity contribution in [3.8, 4) is 0 Å². The molecule has 3 heteroatoms. The highest BCUT2D eigenvalue weighted by molar-refractivity contribution is 4.86. The monoisotopic (exact) mass is 242 g/mol. The Morgan fingerprint density at radius 1 is 1.41 bits per heavy atom.